The van der Waals surface area contributed by atoms with E-state index in [9.17, 15) is 39.3 Å². The predicted octanol–water partition coefficient (Wildman–Crippen LogP) is 5.02. The minimum absolute atomic E-state index is 0.0321. The molecular formula is C36H51NO10. The van der Waals surface area contributed by atoms with Gasteiger partial charge in [-0.15, -0.1) is 5.92 Å². The standard InChI is InChI=1S/C36H51NO10/c1-4-6-8-11-14-17-28(38)18-15-12-9-10-13-16-19-30(36(45,35(43)44)26-32(39)40)33(41)37-31(34(42)46-3)25-27-20-22-29(23-21-27)47-24-7-5-2/h16,19-23,30-31,45H,4,6,8-15,17-18,24-26H2,1-3H3,(H,37,41)(H,39,40)(H,43,44)/t30-,31+,36+/m1/s1. The minimum Gasteiger partial charge on any atom is -0.481 e. The van der Waals surface area contributed by atoms with Gasteiger partial charge in [0.2, 0.25) is 5.91 Å². The van der Waals surface area contributed by atoms with Crippen molar-refractivity contribution in [3.05, 3.63) is 42.0 Å². The van der Waals surface area contributed by atoms with Gasteiger partial charge in [0.25, 0.3) is 0 Å². The third-order valence-corrected chi connectivity index (χ3v) is 7.71. The number of rotatable bonds is 25. The summed E-state index contributed by atoms with van der Waals surface area (Å²) >= 11 is 0. The molecule has 3 atom stereocenters. The van der Waals surface area contributed by atoms with Crippen molar-refractivity contribution in [3.63, 3.8) is 0 Å². The Morgan fingerprint density at radius 1 is 0.936 bits per heavy atom. The summed E-state index contributed by atoms with van der Waals surface area (Å²) in [6, 6.07) is 5.42. The van der Waals surface area contributed by atoms with E-state index < -0.39 is 47.8 Å². The molecule has 0 saturated heterocycles. The number of methoxy groups -OCH3 is 1. The van der Waals surface area contributed by atoms with Crippen LogP contribution < -0.4 is 10.1 Å². The van der Waals surface area contributed by atoms with Crippen molar-refractivity contribution in [2.24, 2.45) is 5.92 Å². The SMILES string of the molecule is CC#CCOc1ccc(C[C@H](NC(=O)[C@@H](C=CCCCCCCC(=O)CCCCCCC)[C@@](O)(CC(=O)O)C(=O)O)C(=O)OC)cc1. The first kappa shape index (κ1) is 40.9. The van der Waals surface area contributed by atoms with Crippen molar-refractivity contribution in [1.29, 1.82) is 0 Å². The number of unbranched alkanes of at least 4 members (excludes halogenated alkanes) is 8. The molecule has 0 heterocycles. The highest BCUT2D eigenvalue weighted by molar-refractivity contribution is 5.94. The number of ether oxygens (including phenoxy) is 2. The number of benzene rings is 1. The Labute approximate surface area is 278 Å². The van der Waals surface area contributed by atoms with Gasteiger partial charge >= 0.3 is 17.9 Å². The number of ketones is 1. The lowest BCUT2D eigenvalue weighted by molar-refractivity contribution is -0.172. The Morgan fingerprint density at radius 2 is 1.55 bits per heavy atom. The Bertz CT molecular complexity index is 1230. The highest BCUT2D eigenvalue weighted by Crippen LogP contribution is 2.26. The van der Waals surface area contributed by atoms with Crippen LogP contribution in [0.25, 0.3) is 0 Å². The molecule has 260 valence electrons. The van der Waals surface area contributed by atoms with Crippen LogP contribution in [-0.4, -0.2) is 70.3 Å². The lowest BCUT2D eigenvalue weighted by atomic mass is 9.82. The smallest absolute Gasteiger partial charge is 0.337 e. The highest BCUT2D eigenvalue weighted by Gasteiger charge is 2.49. The zero-order valence-corrected chi connectivity index (χ0v) is 27.9. The first-order chi connectivity index (χ1) is 22.5. The number of aliphatic carboxylic acids is 2. The molecule has 1 aromatic carbocycles. The van der Waals surface area contributed by atoms with Gasteiger partial charge in [0.05, 0.1) is 19.4 Å². The van der Waals surface area contributed by atoms with Gasteiger partial charge in [-0.1, -0.05) is 75.7 Å². The number of nitrogens with one attached hydrogen (secondary N) is 1. The fourth-order valence-corrected chi connectivity index (χ4v) is 4.98. The number of allylic oxidation sites excluding steroid dienone is 1. The summed E-state index contributed by atoms with van der Waals surface area (Å²) in [4.78, 5) is 61.7. The number of hydrogen-bond donors (Lipinski definition) is 4. The molecule has 0 spiro atoms. The van der Waals surface area contributed by atoms with Gasteiger partial charge in [-0.2, -0.15) is 0 Å². The van der Waals surface area contributed by atoms with Crippen LogP contribution in [0.4, 0.5) is 0 Å². The van der Waals surface area contributed by atoms with E-state index in [-0.39, 0.29) is 18.8 Å². The van der Waals surface area contributed by atoms with Gasteiger partial charge in [-0.3, -0.25) is 14.4 Å². The Balaban J connectivity index is 2.89. The van der Waals surface area contributed by atoms with Crippen LogP contribution in [0.3, 0.4) is 0 Å². The van der Waals surface area contributed by atoms with E-state index >= 15 is 0 Å². The molecule has 0 radical (unpaired) electrons. The quantitative estimate of drug-likeness (QED) is 0.0483. The molecule has 0 bridgehead atoms. The number of Topliss-reactive ketones (excluding diaryl/α,β-unsaturated/α-hetero) is 1. The van der Waals surface area contributed by atoms with Crippen molar-refractivity contribution < 1.29 is 48.8 Å². The molecule has 11 nitrogen and oxygen atoms in total. The summed E-state index contributed by atoms with van der Waals surface area (Å²) in [5.74, 6) is -0.881. The molecule has 0 aliphatic rings. The molecule has 0 aliphatic carbocycles. The summed E-state index contributed by atoms with van der Waals surface area (Å²) in [7, 11) is 1.13. The lowest BCUT2D eigenvalue weighted by Crippen LogP contribution is -2.55. The molecule has 0 saturated carbocycles. The second kappa shape index (κ2) is 23.2. The van der Waals surface area contributed by atoms with Crippen LogP contribution in [0.15, 0.2) is 36.4 Å². The fraction of sp³-hybridized carbons (Fsp3) is 0.583. The number of aliphatic hydroxyl groups is 1. The van der Waals surface area contributed by atoms with Crippen LogP contribution in [0.5, 0.6) is 5.75 Å². The molecule has 47 heavy (non-hydrogen) atoms. The first-order valence-electron chi connectivity index (χ1n) is 16.3. The minimum atomic E-state index is -2.98. The van der Waals surface area contributed by atoms with Gasteiger partial charge in [-0.05, 0) is 50.3 Å². The fourth-order valence-electron chi connectivity index (χ4n) is 4.98. The van der Waals surface area contributed by atoms with Crippen molar-refractivity contribution in [2.45, 2.75) is 115 Å². The average molecular weight is 658 g/mol. The molecule has 0 fully saturated rings. The summed E-state index contributed by atoms with van der Waals surface area (Å²) in [5, 5.41) is 32.6. The third kappa shape index (κ3) is 16.3. The molecule has 1 aromatic rings. The Kier molecular flexibility index (Phi) is 20.2. The van der Waals surface area contributed by atoms with Gasteiger partial charge in [0.15, 0.2) is 5.60 Å². The number of carbonyl (C=O) groups is 5. The van der Waals surface area contributed by atoms with E-state index in [4.69, 9.17) is 9.47 Å². The van der Waals surface area contributed by atoms with Crippen molar-refractivity contribution >= 4 is 29.6 Å². The van der Waals surface area contributed by atoms with Crippen LogP contribution in [0.2, 0.25) is 0 Å². The number of carboxylic acids is 2. The maximum absolute atomic E-state index is 13.4. The van der Waals surface area contributed by atoms with Crippen LogP contribution in [0.1, 0.15) is 103 Å². The Hall–Kier alpha value is -4.17. The zero-order chi connectivity index (χ0) is 35.1. The number of hydrogen-bond acceptors (Lipinski definition) is 8. The molecule has 0 aliphatic heterocycles. The van der Waals surface area contributed by atoms with Gasteiger partial charge in [0, 0.05) is 19.3 Å². The molecule has 11 heteroatoms. The normalized spacial score (nSPS) is 13.4. The second-order valence-electron chi connectivity index (χ2n) is 11.5. The molecule has 0 aromatic heterocycles. The van der Waals surface area contributed by atoms with Crippen molar-refractivity contribution in [1.82, 2.24) is 5.32 Å². The zero-order valence-electron chi connectivity index (χ0n) is 27.9. The van der Waals surface area contributed by atoms with E-state index in [0.717, 1.165) is 45.6 Å². The van der Waals surface area contributed by atoms with E-state index in [1.807, 2.05) is 0 Å². The highest BCUT2D eigenvalue weighted by atomic mass is 16.5. The number of amides is 1. The van der Waals surface area contributed by atoms with Gasteiger partial charge in [0.1, 0.15) is 24.2 Å². The second-order valence-corrected chi connectivity index (χ2v) is 11.5. The summed E-state index contributed by atoms with van der Waals surface area (Å²) in [6.07, 6.45) is 11.6. The molecule has 1 rings (SSSR count). The maximum atomic E-state index is 13.4. The monoisotopic (exact) mass is 657 g/mol. The topological polar surface area (TPSA) is 177 Å². The van der Waals surface area contributed by atoms with Crippen molar-refractivity contribution in [3.8, 4) is 17.6 Å². The maximum Gasteiger partial charge on any atom is 0.337 e. The predicted molar refractivity (Wildman–Crippen MR) is 177 cm³/mol. The number of carboxylic acid groups (broad SMARTS) is 2. The van der Waals surface area contributed by atoms with Crippen molar-refractivity contribution in [2.75, 3.05) is 13.7 Å². The number of esters is 1. The van der Waals surface area contributed by atoms with Crippen LogP contribution in [0, 0.1) is 17.8 Å². The van der Waals surface area contributed by atoms with Gasteiger partial charge < -0.3 is 30.1 Å². The molecular weight excluding hydrogens is 606 g/mol. The third-order valence-electron chi connectivity index (χ3n) is 7.71. The average Bonchev–Trinajstić information content (AvgIpc) is 3.03. The van der Waals surface area contributed by atoms with E-state index in [2.05, 4.69) is 24.1 Å². The Morgan fingerprint density at radius 3 is 2.11 bits per heavy atom. The molecule has 0 unspecified atom stereocenters. The van der Waals surface area contributed by atoms with Crippen LogP contribution in [-0.2, 0) is 35.1 Å². The lowest BCUT2D eigenvalue weighted by Gasteiger charge is -2.29. The van der Waals surface area contributed by atoms with E-state index in [0.29, 0.717) is 37.0 Å². The van der Waals surface area contributed by atoms with E-state index in [1.54, 1.807) is 31.2 Å². The molecule has 1 amide bonds. The summed E-state index contributed by atoms with van der Waals surface area (Å²) in [6.45, 7) is 4.05. The largest absolute Gasteiger partial charge is 0.481 e. The van der Waals surface area contributed by atoms with Gasteiger partial charge in [-0.25, -0.2) is 9.59 Å². The van der Waals surface area contributed by atoms with E-state index in [1.165, 1.54) is 25.0 Å². The number of carbonyl (C=O) groups excluding carboxylic acids is 3. The first-order valence-corrected chi connectivity index (χ1v) is 16.3. The van der Waals surface area contributed by atoms with Crippen LogP contribution >= 0.6 is 0 Å². The summed E-state index contributed by atoms with van der Waals surface area (Å²) in [5.41, 5.74) is -2.36. The molecule has 4 N–H and O–H groups in total. The summed E-state index contributed by atoms with van der Waals surface area (Å²) < 4.78 is 10.3.